The molecule has 24 aromatic carbocycles. The van der Waals surface area contributed by atoms with Crippen molar-refractivity contribution in [3.63, 3.8) is 0 Å². The number of hydrogen-bond acceptors (Lipinski definition) is 2. The predicted molar refractivity (Wildman–Crippen MR) is 470 cm³/mol. The molecule has 0 aliphatic rings. The Morgan fingerprint density at radius 3 is 1.09 bits per heavy atom. The Balaban J connectivity index is 0.000000135. The standard InChI is InChI=1S/2C54H30O/c2*1-2-6-38-30-50-48(27-37(38)5-1)47-29-40(20-26-49(47)55-50)42-22-19-39(41-21-15-35-13-11-31-7-3-9-33-17-24-44(41)53(35)51(31)33)28-46(42)43-23-16-36-14-12-32-8-4-10-34-18-25-45(43)54(36)52(32)34/h2*1-30H/i1D,2D,5D,6D,20D,26D,27D,29D,30D;19D,22D,28D. The number of hydrogen-bond donors (Lipinski definition) is 0. The van der Waals surface area contributed by atoms with Gasteiger partial charge in [0.25, 0.3) is 0 Å². The van der Waals surface area contributed by atoms with Crippen LogP contribution in [0.15, 0.2) is 373 Å². The summed E-state index contributed by atoms with van der Waals surface area (Å²) < 4.78 is 124. The lowest BCUT2D eigenvalue weighted by Gasteiger charge is -2.19. The monoisotopic (exact) mass is 1400 g/mol. The maximum Gasteiger partial charge on any atom is 0.136 e. The highest BCUT2D eigenvalue weighted by atomic mass is 16.3. The van der Waals surface area contributed by atoms with Crippen LogP contribution in [-0.4, -0.2) is 0 Å². The van der Waals surface area contributed by atoms with E-state index in [-0.39, 0.29) is 86.6 Å². The molecule has 26 aromatic rings. The molecule has 2 heteroatoms. The van der Waals surface area contributed by atoms with Crippen LogP contribution in [0.2, 0.25) is 0 Å². The van der Waals surface area contributed by atoms with Gasteiger partial charge in [0.05, 0.1) is 16.4 Å². The highest BCUT2D eigenvalue weighted by Gasteiger charge is 2.24. The molecular weight excluding hydrogens is 1330 g/mol. The lowest BCUT2D eigenvalue weighted by Crippen LogP contribution is -1.92. The fraction of sp³-hybridized carbons (Fsp3) is 0. The first kappa shape index (κ1) is 49.4. The second-order valence-electron chi connectivity index (χ2n) is 29.4. The fourth-order valence-electron chi connectivity index (χ4n) is 18.6. The minimum absolute atomic E-state index is 0.00757. The molecule has 2 aromatic heterocycles. The summed E-state index contributed by atoms with van der Waals surface area (Å²) in [5, 5.41) is 30.9. The molecule has 0 spiro atoms. The first-order valence-electron chi connectivity index (χ1n) is 43.2. The summed E-state index contributed by atoms with van der Waals surface area (Å²) in [7, 11) is 0. The molecular formula is C108H60O2. The van der Waals surface area contributed by atoms with Gasteiger partial charge in [-0.05, 0) is 278 Å². The molecule has 2 nitrogen and oxygen atoms in total. The third-order valence-electron chi connectivity index (χ3n) is 23.6. The van der Waals surface area contributed by atoms with Gasteiger partial charge in [-0.3, -0.25) is 0 Å². The Hall–Kier alpha value is -14.4. The maximum atomic E-state index is 10.4. The van der Waals surface area contributed by atoms with Gasteiger partial charge in [0, 0.05) is 21.5 Å². The second-order valence-corrected chi connectivity index (χ2v) is 29.4. The largest absolute Gasteiger partial charge is 0.456 e. The van der Waals surface area contributed by atoms with Crippen molar-refractivity contribution in [1.82, 2.24) is 0 Å². The number of furan rings is 2. The van der Waals surface area contributed by atoms with Crippen LogP contribution in [0.5, 0.6) is 0 Å². The summed E-state index contributed by atoms with van der Waals surface area (Å²) in [5.74, 6) is 0. The van der Waals surface area contributed by atoms with Crippen molar-refractivity contribution >= 4 is 195 Å². The van der Waals surface area contributed by atoms with E-state index < -0.39 is 24.2 Å². The molecule has 0 bridgehead atoms. The van der Waals surface area contributed by atoms with Gasteiger partial charge in [-0.15, -0.1) is 0 Å². The molecule has 110 heavy (non-hydrogen) atoms. The number of fused-ring (bicyclic) bond motifs is 8. The van der Waals surface area contributed by atoms with Crippen molar-refractivity contribution in [3.05, 3.63) is 364 Å². The van der Waals surface area contributed by atoms with Crippen LogP contribution in [0.1, 0.15) is 16.4 Å². The zero-order valence-electron chi connectivity index (χ0n) is 70.5. The minimum Gasteiger partial charge on any atom is -0.456 e. The van der Waals surface area contributed by atoms with E-state index in [0.29, 0.717) is 22.3 Å². The lowest BCUT2D eigenvalue weighted by molar-refractivity contribution is 0.669. The van der Waals surface area contributed by atoms with Crippen molar-refractivity contribution in [3.8, 4) is 66.8 Å². The summed E-state index contributed by atoms with van der Waals surface area (Å²) in [4.78, 5) is 0. The van der Waals surface area contributed by atoms with Crippen LogP contribution in [0.4, 0.5) is 0 Å². The fourth-order valence-corrected chi connectivity index (χ4v) is 18.6. The van der Waals surface area contributed by atoms with E-state index in [1.807, 2.05) is 42.5 Å². The number of rotatable bonds is 6. The van der Waals surface area contributed by atoms with E-state index in [2.05, 4.69) is 249 Å². The first-order chi connectivity index (χ1) is 59.5. The van der Waals surface area contributed by atoms with Crippen LogP contribution in [0.3, 0.4) is 0 Å². The maximum absolute atomic E-state index is 10.4. The van der Waals surface area contributed by atoms with Crippen molar-refractivity contribution in [2.24, 2.45) is 0 Å². The van der Waals surface area contributed by atoms with Crippen LogP contribution in [0.25, 0.3) is 261 Å². The molecule has 2 heterocycles. The van der Waals surface area contributed by atoms with E-state index in [9.17, 15) is 9.60 Å². The molecule has 0 amide bonds. The van der Waals surface area contributed by atoms with Gasteiger partial charge in [-0.1, -0.05) is 303 Å². The molecule has 0 saturated carbocycles. The Morgan fingerprint density at radius 1 is 0.164 bits per heavy atom. The van der Waals surface area contributed by atoms with Gasteiger partial charge in [0.2, 0.25) is 0 Å². The van der Waals surface area contributed by atoms with Crippen molar-refractivity contribution < 1.29 is 25.3 Å². The third-order valence-corrected chi connectivity index (χ3v) is 23.6. The van der Waals surface area contributed by atoms with E-state index in [0.717, 1.165) is 158 Å². The summed E-state index contributed by atoms with van der Waals surface area (Å²) >= 11 is 0. The Morgan fingerprint density at radius 2 is 0.545 bits per heavy atom. The van der Waals surface area contributed by atoms with Gasteiger partial charge in [0.15, 0.2) is 0 Å². The number of benzene rings is 24. The molecule has 26 rings (SSSR count). The van der Waals surface area contributed by atoms with Crippen LogP contribution in [-0.2, 0) is 0 Å². The summed E-state index contributed by atoms with van der Waals surface area (Å²) in [6.45, 7) is 0. The molecule has 0 aliphatic heterocycles. The van der Waals surface area contributed by atoms with Gasteiger partial charge < -0.3 is 8.83 Å². The van der Waals surface area contributed by atoms with E-state index in [4.69, 9.17) is 15.7 Å². The quantitative estimate of drug-likeness (QED) is 0.155. The van der Waals surface area contributed by atoms with E-state index in [1.54, 1.807) is 0 Å². The summed E-state index contributed by atoms with van der Waals surface area (Å²) in [5.41, 5.74) is 9.59. The summed E-state index contributed by atoms with van der Waals surface area (Å²) in [6.07, 6.45) is 0. The Labute approximate surface area is 646 Å². The van der Waals surface area contributed by atoms with Crippen LogP contribution in [0, 0.1) is 0 Å². The van der Waals surface area contributed by atoms with Gasteiger partial charge in [-0.2, -0.15) is 0 Å². The van der Waals surface area contributed by atoms with Crippen molar-refractivity contribution in [2.75, 3.05) is 0 Å². The van der Waals surface area contributed by atoms with Crippen molar-refractivity contribution in [2.45, 2.75) is 0 Å². The molecule has 0 radical (unpaired) electrons. The zero-order chi connectivity index (χ0) is 82.0. The molecule has 0 N–H and O–H groups in total. The van der Waals surface area contributed by atoms with Gasteiger partial charge in [0.1, 0.15) is 22.3 Å². The SMILES string of the molecule is [2H]c1c(-c2ccc(-c3ccc4ccc5cccc6ccc3c4c56)cc2-c2ccc3ccc4cccc5ccc2c3c45)c([2H])c2c(oc3c([2H])c4c([2H])c([2H])c([2H])c([2H])c4c([2H])c32)c1[2H].[2H]c1c([2H])c(-c2ccc3oc4cc5ccccc5cc4c3c2)c(-c2ccc3ccc4cccc5ccc2c3c45)c([2H])c1-c1ccc2ccc3cccc4ccc1c2c34. The summed E-state index contributed by atoms with van der Waals surface area (Å²) in [6, 6.07) is 98.4. The highest BCUT2D eigenvalue weighted by Crippen LogP contribution is 2.50. The zero-order valence-corrected chi connectivity index (χ0v) is 58.5. The first-order valence-corrected chi connectivity index (χ1v) is 37.2. The lowest BCUT2D eigenvalue weighted by atomic mass is 9.84. The average molecular weight is 1400 g/mol. The molecule has 0 atom stereocenters. The van der Waals surface area contributed by atoms with Gasteiger partial charge >= 0.3 is 0 Å². The van der Waals surface area contributed by atoms with Crippen molar-refractivity contribution in [1.29, 1.82) is 0 Å². The predicted octanol–water partition coefficient (Wildman–Crippen LogP) is 31.1. The van der Waals surface area contributed by atoms with Crippen LogP contribution >= 0.6 is 0 Å². The molecule has 0 aliphatic carbocycles. The molecule has 0 fully saturated rings. The smallest absolute Gasteiger partial charge is 0.136 e. The van der Waals surface area contributed by atoms with Gasteiger partial charge in [-0.25, -0.2) is 0 Å². The normalized spacial score (nSPS) is 13.9. The Bertz CT molecular complexity index is 9140. The highest BCUT2D eigenvalue weighted by molar-refractivity contribution is 6.31. The second kappa shape index (κ2) is 22.6. The molecule has 504 valence electrons. The Kier molecular flexibility index (Phi) is 10.1. The van der Waals surface area contributed by atoms with E-state index in [1.165, 1.54) is 43.1 Å². The van der Waals surface area contributed by atoms with Crippen LogP contribution < -0.4 is 0 Å². The average Bonchev–Trinajstić information content (AvgIpc) is 1.44. The molecule has 0 unspecified atom stereocenters. The topological polar surface area (TPSA) is 26.3 Å². The minimum atomic E-state index is -0.540. The van der Waals surface area contributed by atoms with E-state index >= 15 is 0 Å². The molecule has 0 saturated heterocycles. The third kappa shape index (κ3) is 8.70.